The van der Waals surface area contributed by atoms with E-state index in [1.807, 2.05) is 6.92 Å². The summed E-state index contributed by atoms with van der Waals surface area (Å²) >= 11 is 0. The molecular weight excluding hydrogens is 380 g/mol. The minimum absolute atomic E-state index is 0.0511. The summed E-state index contributed by atoms with van der Waals surface area (Å²) in [5.74, 6) is -0.722. The van der Waals surface area contributed by atoms with Gasteiger partial charge in [0.2, 0.25) is 0 Å². The van der Waals surface area contributed by atoms with Gasteiger partial charge in [-0.1, -0.05) is 38.5 Å². The molecule has 4 aliphatic rings. The molecule has 0 radical (unpaired) electrons. The highest BCUT2D eigenvalue weighted by atomic mass is 16.6. The number of ketones is 1. The number of rotatable bonds is 4. The van der Waals surface area contributed by atoms with Gasteiger partial charge in [0.1, 0.15) is 12.2 Å². The second-order valence-electron chi connectivity index (χ2n) is 9.93. The molecule has 6 atom stereocenters. The number of hydrogen-bond donors (Lipinski definition) is 0. The fourth-order valence-electron chi connectivity index (χ4n) is 5.98. The zero-order chi connectivity index (χ0) is 22.6. The van der Waals surface area contributed by atoms with Crippen molar-refractivity contribution in [2.75, 3.05) is 0 Å². The van der Waals surface area contributed by atoms with Gasteiger partial charge in [0.25, 0.3) is 0 Å². The maximum absolute atomic E-state index is 13.1. The number of fused-ring (bicyclic) bond motifs is 3. The second-order valence-corrected chi connectivity index (χ2v) is 9.93. The number of carbonyl (C=O) groups is 3. The zero-order valence-electron chi connectivity index (χ0n) is 19.4. The Hall–Kier alpha value is -2.17. The summed E-state index contributed by atoms with van der Waals surface area (Å²) in [7, 11) is 0. The molecule has 30 heavy (non-hydrogen) atoms. The first kappa shape index (κ1) is 22.5. The van der Waals surface area contributed by atoms with Crippen LogP contribution in [0.25, 0.3) is 0 Å². The van der Waals surface area contributed by atoms with E-state index in [1.165, 1.54) is 0 Å². The lowest BCUT2D eigenvalue weighted by Crippen LogP contribution is -2.67. The molecule has 164 valence electrons. The van der Waals surface area contributed by atoms with Gasteiger partial charge in [0.05, 0.1) is 0 Å². The normalized spacial score (nSPS) is 37.5. The Bertz CT molecular complexity index is 874. The summed E-state index contributed by atoms with van der Waals surface area (Å²) in [5.41, 5.74) is 1.18. The van der Waals surface area contributed by atoms with E-state index in [4.69, 9.17) is 9.47 Å². The molecule has 4 bridgehead atoms. The van der Waals surface area contributed by atoms with Crippen molar-refractivity contribution in [3.8, 4) is 0 Å². The fraction of sp³-hybridized carbons (Fsp3) is 0.640. The number of hydrogen-bond acceptors (Lipinski definition) is 5. The Kier molecular flexibility index (Phi) is 5.63. The molecule has 0 N–H and O–H groups in total. The first-order valence-corrected chi connectivity index (χ1v) is 10.8. The molecule has 5 heteroatoms. The van der Waals surface area contributed by atoms with Crippen molar-refractivity contribution in [3.05, 3.63) is 34.9 Å². The summed E-state index contributed by atoms with van der Waals surface area (Å²) in [5, 5.41) is 0. The van der Waals surface area contributed by atoms with Crippen molar-refractivity contribution in [2.45, 2.75) is 74.0 Å². The van der Waals surface area contributed by atoms with Crippen LogP contribution in [0.5, 0.6) is 0 Å². The van der Waals surface area contributed by atoms with E-state index in [0.29, 0.717) is 17.6 Å². The third-order valence-corrected chi connectivity index (χ3v) is 8.04. The first-order chi connectivity index (χ1) is 13.9. The van der Waals surface area contributed by atoms with Gasteiger partial charge in [-0.3, -0.25) is 4.79 Å². The van der Waals surface area contributed by atoms with Crippen LogP contribution in [0.15, 0.2) is 34.9 Å². The first-order valence-electron chi connectivity index (χ1n) is 10.8. The van der Waals surface area contributed by atoms with Crippen LogP contribution in [0, 0.1) is 28.6 Å². The summed E-state index contributed by atoms with van der Waals surface area (Å²) < 4.78 is 12.0. The average Bonchev–Trinajstić information content (AvgIpc) is 2.78. The van der Waals surface area contributed by atoms with E-state index < -0.39 is 23.0 Å². The van der Waals surface area contributed by atoms with E-state index in [9.17, 15) is 14.4 Å². The Morgan fingerprint density at radius 2 is 1.47 bits per heavy atom. The van der Waals surface area contributed by atoms with Crippen LogP contribution in [0.2, 0.25) is 0 Å². The van der Waals surface area contributed by atoms with Crippen molar-refractivity contribution in [2.24, 2.45) is 28.6 Å². The largest absolute Gasteiger partial charge is 0.458 e. The topological polar surface area (TPSA) is 69.7 Å². The summed E-state index contributed by atoms with van der Waals surface area (Å²) in [6.45, 7) is 15.3. The average molecular weight is 415 g/mol. The predicted molar refractivity (Wildman–Crippen MR) is 114 cm³/mol. The van der Waals surface area contributed by atoms with Crippen LogP contribution >= 0.6 is 0 Å². The van der Waals surface area contributed by atoms with Crippen LogP contribution < -0.4 is 0 Å². The van der Waals surface area contributed by atoms with E-state index in [0.717, 1.165) is 5.57 Å². The van der Waals surface area contributed by atoms with Crippen molar-refractivity contribution >= 4 is 17.7 Å². The SMILES string of the molecule is C/C=C(\C)C(=O)OC1CC(OC(=O)/C(C)=C/C)C2(C)C3C(=O)C=C(C)C2C3C1(C)C. The second kappa shape index (κ2) is 7.51. The van der Waals surface area contributed by atoms with Gasteiger partial charge in [0, 0.05) is 34.3 Å². The predicted octanol–water partition coefficient (Wildman–Crippen LogP) is 4.57. The molecule has 4 aliphatic carbocycles. The maximum atomic E-state index is 13.1. The lowest BCUT2D eigenvalue weighted by Gasteiger charge is -2.65. The smallest absolute Gasteiger partial charge is 0.333 e. The van der Waals surface area contributed by atoms with Crippen molar-refractivity contribution in [1.29, 1.82) is 0 Å². The lowest BCUT2D eigenvalue weighted by atomic mass is 9.37. The Balaban J connectivity index is 2.06. The molecule has 5 nitrogen and oxygen atoms in total. The van der Waals surface area contributed by atoms with Crippen molar-refractivity contribution < 1.29 is 23.9 Å². The molecule has 0 saturated heterocycles. The molecule has 3 saturated carbocycles. The van der Waals surface area contributed by atoms with Gasteiger partial charge in [-0.2, -0.15) is 0 Å². The van der Waals surface area contributed by atoms with E-state index in [1.54, 1.807) is 45.9 Å². The van der Waals surface area contributed by atoms with Crippen LogP contribution in [-0.2, 0) is 23.9 Å². The summed E-state index contributed by atoms with van der Waals surface area (Å²) in [6.07, 6.45) is 4.62. The molecule has 0 aromatic carbocycles. The highest BCUT2D eigenvalue weighted by Crippen LogP contribution is 2.72. The molecule has 6 unspecified atom stereocenters. The van der Waals surface area contributed by atoms with Gasteiger partial charge in [-0.05, 0) is 52.5 Å². The molecular formula is C25H34O5. The van der Waals surface area contributed by atoms with Gasteiger partial charge in [-0.15, -0.1) is 0 Å². The Labute approximate surface area is 179 Å². The van der Waals surface area contributed by atoms with E-state index in [2.05, 4.69) is 20.8 Å². The van der Waals surface area contributed by atoms with Gasteiger partial charge >= 0.3 is 11.9 Å². The quantitative estimate of drug-likeness (QED) is 0.498. The van der Waals surface area contributed by atoms with Crippen LogP contribution in [0.1, 0.15) is 61.8 Å². The highest BCUT2D eigenvalue weighted by Gasteiger charge is 2.74. The van der Waals surface area contributed by atoms with Crippen molar-refractivity contribution in [1.82, 2.24) is 0 Å². The zero-order valence-corrected chi connectivity index (χ0v) is 19.4. The summed E-state index contributed by atoms with van der Waals surface area (Å²) in [6, 6.07) is 0. The molecule has 0 heterocycles. The minimum atomic E-state index is -0.510. The van der Waals surface area contributed by atoms with Gasteiger partial charge < -0.3 is 9.47 Å². The molecule has 0 aromatic heterocycles. The Morgan fingerprint density at radius 3 is 1.93 bits per heavy atom. The number of carbonyl (C=O) groups excluding carboxylic acids is 3. The number of allylic oxidation sites excluding steroid dienone is 4. The van der Waals surface area contributed by atoms with Crippen LogP contribution in [-0.4, -0.2) is 29.9 Å². The molecule has 0 spiro atoms. The van der Waals surface area contributed by atoms with Gasteiger partial charge in [-0.25, -0.2) is 9.59 Å². The molecule has 0 amide bonds. The monoisotopic (exact) mass is 414 g/mol. The van der Waals surface area contributed by atoms with Crippen molar-refractivity contribution in [3.63, 3.8) is 0 Å². The minimum Gasteiger partial charge on any atom is -0.458 e. The third-order valence-electron chi connectivity index (χ3n) is 8.04. The van der Waals surface area contributed by atoms with E-state index in [-0.39, 0.29) is 35.5 Å². The number of ether oxygens (including phenoxy) is 2. The van der Waals surface area contributed by atoms with Gasteiger partial charge in [0.15, 0.2) is 5.78 Å². The number of esters is 2. The lowest BCUT2D eigenvalue weighted by molar-refractivity contribution is -0.202. The third kappa shape index (κ3) is 3.09. The molecule has 4 rings (SSSR count). The van der Waals surface area contributed by atoms with E-state index >= 15 is 0 Å². The maximum Gasteiger partial charge on any atom is 0.333 e. The Morgan fingerprint density at radius 1 is 0.967 bits per heavy atom. The van der Waals surface area contributed by atoms with Crippen LogP contribution in [0.4, 0.5) is 0 Å². The highest BCUT2D eigenvalue weighted by molar-refractivity contribution is 5.97. The standard InChI is InChI=1S/C25H34O5/c1-9-13(3)22(27)29-17-12-18(30-23(28)14(4)10-2)25(8)19-15(5)11-16(26)20(25)21(19)24(17,6)7/h9-11,17-21H,12H2,1-8H3/b13-9+,14-10+. The molecule has 3 fully saturated rings. The fourth-order valence-corrected chi connectivity index (χ4v) is 5.98. The molecule has 0 aromatic rings. The summed E-state index contributed by atoms with van der Waals surface area (Å²) in [4.78, 5) is 38.4. The van der Waals surface area contributed by atoms with Crippen LogP contribution in [0.3, 0.4) is 0 Å². The molecule has 0 aliphatic heterocycles.